The molecule has 2 heterocycles. The SMILES string of the molecule is C=C1N=C(CCC2CC2)N(c2c(OC)cccc2OC)C(O)=C1C(C)N1CCN(Cc2cccc(F)c2F)CC1. The van der Waals surface area contributed by atoms with Crippen molar-refractivity contribution in [3.8, 4) is 11.5 Å². The Bertz CT molecular complexity index is 1290. The maximum Gasteiger partial charge on any atom is 0.204 e. The number of anilines is 1. The van der Waals surface area contributed by atoms with Crippen LogP contribution in [0.3, 0.4) is 0 Å². The van der Waals surface area contributed by atoms with Gasteiger partial charge in [-0.25, -0.2) is 13.8 Å². The number of aliphatic imine (C=N–C) groups is 1. The van der Waals surface area contributed by atoms with Gasteiger partial charge in [-0.05, 0) is 37.5 Å². The molecule has 5 rings (SSSR count). The Kier molecular flexibility index (Phi) is 8.42. The number of halogens is 2. The van der Waals surface area contributed by atoms with Crippen molar-refractivity contribution in [2.45, 2.75) is 45.2 Å². The molecule has 0 amide bonds. The third-order valence-electron chi connectivity index (χ3n) is 8.18. The van der Waals surface area contributed by atoms with Gasteiger partial charge < -0.3 is 14.6 Å². The second-order valence-corrected chi connectivity index (χ2v) is 10.7. The molecule has 1 saturated heterocycles. The topological polar surface area (TPSA) is 60.8 Å². The first-order valence-electron chi connectivity index (χ1n) is 13.9. The molecule has 1 N–H and O–H groups in total. The quantitative estimate of drug-likeness (QED) is 0.397. The monoisotopic (exact) mass is 552 g/mol. The summed E-state index contributed by atoms with van der Waals surface area (Å²) in [4.78, 5) is 11.1. The summed E-state index contributed by atoms with van der Waals surface area (Å²) in [6.07, 6.45) is 4.15. The van der Waals surface area contributed by atoms with Crippen molar-refractivity contribution in [3.05, 3.63) is 77.3 Å². The summed E-state index contributed by atoms with van der Waals surface area (Å²) in [5.74, 6) is 1.03. The Morgan fingerprint density at radius 1 is 1.02 bits per heavy atom. The van der Waals surface area contributed by atoms with Gasteiger partial charge in [-0.3, -0.25) is 14.7 Å². The van der Waals surface area contributed by atoms with Crippen molar-refractivity contribution in [1.29, 1.82) is 0 Å². The first-order valence-corrected chi connectivity index (χ1v) is 13.9. The van der Waals surface area contributed by atoms with Crippen LogP contribution in [0.2, 0.25) is 0 Å². The van der Waals surface area contributed by atoms with Crippen molar-refractivity contribution < 1.29 is 23.4 Å². The van der Waals surface area contributed by atoms with E-state index in [0.29, 0.717) is 79.1 Å². The van der Waals surface area contributed by atoms with E-state index < -0.39 is 11.6 Å². The summed E-state index contributed by atoms with van der Waals surface area (Å²) < 4.78 is 39.3. The molecule has 1 atom stereocenters. The molecule has 214 valence electrons. The molecule has 40 heavy (non-hydrogen) atoms. The summed E-state index contributed by atoms with van der Waals surface area (Å²) in [6.45, 7) is 9.39. The van der Waals surface area contributed by atoms with Crippen molar-refractivity contribution in [2.24, 2.45) is 10.9 Å². The van der Waals surface area contributed by atoms with E-state index in [2.05, 4.69) is 16.4 Å². The van der Waals surface area contributed by atoms with Crippen LogP contribution in [0.15, 0.2) is 65.1 Å². The third kappa shape index (κ3) is 5.71. The van der Waals surface area contributed by atoms with Crippen LogP contribution < -0.4 is 14.4 Å². The first-order chi connectivity index (χ1) is 19.3. The van der Waals surface area contributed by atoms with Gasteiger partial charge in [0.1, 0.15) is 23.0 Å². The number of benzene rings is 2. The van der Waals surface area contributed by atoms with Crippen LogP contribution >= 0.6 is 0 Å². The lowest BCUT2D eigenvalue weighted by Crippen LogP contribution is -2.50. The molecule has 2 fully saturated rings. The molecule has 1 unspecified atom stereocenters. The molecule has 9 heteroatoms. The van der Waals surface area contributed by atoms with Gasteiger partial charge in [-0.1, -0.05) is 37.6 Å². The van der Waals surface area contributed by atoms with E-state index >= 15 is 0 Å². The zero-order valence-corrected chi connectivity index (χ0v) is 23.5. The number of piperazine rings is 1. The van der Waals surface area contributed by atoms with Crippen LogP contribution in [0.1, 0.15) is 38.2 Å². The molecule has 0 bridgehead atoms. The molecule has 2 aromatic carbocycles. The predicted molar refractivity (Wildman–Crippen MR) is 153 cm³/mol. The van der Waals surface area contributed by atoms with Crippen molar-refractivity contribution >= 4 is 11.5 Å². The van der Waals surface area contributed by atoms with Crippen LogP contribution in [0, 0.1) is 17.6 Å². The molecular formula is C31H38F2N4O3. The second-order valence-electron chi connectivity index (χ2n) is 10.7. The second kappa shape index (κ2) is 12.0. The number of aliphatic hydroxyl groups excluding tert-OH is 1. The van der Waals surface area contributed by atoms with E-state index in [-0.39, 0.29) is 11.9 Å². The number of aliphatic hydroxyl groups is 1. The van der Waals surface area contributed by atoms with Crippen molar-refractivity contribution in [3.63, 3.8) is 0 Å². The van der Waals surface area contributed by atoms with Crippen LogP contribution in [0.25, 0.3) is 0 Å². The molecule has 0 radical (unpaired) electrons. The molecule has 7 nitrogen and oxygen atoms in total. The molecule has 1 aliphatic carbocycles. The zero-order valence-electron chi connectivity index (χ0n) is 23.5. The lowest BCUT2D eigenvalue weighted by Gasteiger charge is -2.41. The molecule has 2 aromatic rings. The number of nitrogens with zero attached hydrogens (tertiary/aromatic N) is 4. The lowest BCUT2D eigenvalue weighted by atomic mass is 10.0. The van der Waals surface area contributed by atoms with Gasteiger partial charge in [-0.2, -0.15) is 0 Å². The van der Waals surface area contributed by atoms with Crippen LogP contribution in [-0.4, -0.2) is 67.2 Å². The zero-order chi connectivity index (χ0) is 28.4. The Balaban J connectivity index is 1.39. The minimum absolute atomic E-state index is 0.0744. The number of ether oxygens (including phenoxy) is 2. The average Bonchev–Trinajstić information content (AvgIpc) is 3.79. The van der Waals surface area contributed by atoms with Gasteiger partial charge in [0, 0.05) is 50.7 Å². The Morgan fingerprint density at radius 2 is 1.68 bits per heavy atom. The van der Waals surface area contributed by atoms with Gasteiger partial charge in [0.25, 0.3) is 0 Å². The molecule has 0 spiro atoms. The Hall–Kier alpha value is -3.43. The maximum atomic E-state index is 14.2. The predicted octanol–water partition coefficient (Wildman–Crippen LogP) is 5.88. The lowest BCUT2D eigenvalue weighted by molar-refractivity contribution is 0.107. The fraction of sp³-hybridized carbons (Fsp3) is 0.452. The van der Waals surface area contributed by atoms with Gasteiger partial charge in [0.05, 0.1) is 25.5 Å². The van der Waals surface area contributed by atoms with E-state index in [9.17, 15) is 13.9 Å². The van der Waals surface area contributed by atoms with Crippen LogP contribution in [-0.2, 0) is 6.54 Å². The van der Waals surface area contributed by atoms with Crippen molar-refractivity contribution in [1.82, 2.24) is 9.80 Å². The highest BCUT2D eigenvalue weighted by atomic mass is 19.2. The standard InChI is InChI=1S/C31H38F2N4O3/c1-20-28(21(2)36-17-15-35(16-18-36)19-23-7-5-8-24(32)29(23)33)31(38)37(27(34-20)14-13-22-11-12-22)30-25(39-3)9-6-10-26(30)40-4/h5-10,21-22,38H,1,11-19H2,2-4H3. The maximum absolute atomic E-state index is 14.2. The molecule has 3 aliphatic rings. The number of methoxy groups -OCH3 is 2. The Morgan fingerprint density at radius 3 is 2.30 bits per heavy atom. The largest absolute Gasteiger partial charge is 0.494 e. The highest BCUT2D eigenvalue weighted by Gasteiger charge is 2.36. The van der Waals surface area contributed by atoms with Gasteiger partial charge >= 0.3 is 0 Å². The average molecular weight is 553 g/mol. The smallest absolute Gasteiger partial charge is 0.204 e. The van der Waals surface area contributed by atoms with E-state index in [1.807, 2.05) is 25.1 Å². The minimum Gasteiger partial charge on any atom is -0.494 e. The number of rotatable bonds is 10. The van der Waals surface area contributed by atoms with Crippen LogP contribution in [0.4, 0.5) is 14.5 Å². The highest BCUT2D eigenvalue weighted by Crippen LogP contribution is 2.44. The van der Waals surface area contributed by atoms with Crippen molar-refractivity contribution in [2.75, 3.05) is 45.3 Å². The third-order valence-corrected chi connectivity index (χ3v) is 8.18. The van der Waals surface area contributed by atoms with Gasteiger partial charge in [0.2, 0.25) is 5.88 Å². The number of hydrogen-bond donors (Lipinski definition) is 1. The first kappa shape index (κ1) is 28.1. The Labute approximate surface area is 235 Å². The molecule has 1 saturated carbocycles. The molecule has 2 aliphatic heterocycles. The highest BCUT2D eigenvalue weighted by molar-refractivity contribution is 6.04. The molecule has 0 aromatic heterocycles. The van der Waals surface area contributed by atoms with E-state index in [1.165, 1.54) is 18.9 Å². The van der Waals surface area contributed by atoms with E-state index in [1.54, 1.807) is 25.2 Å². The number of amidine groups is 1. The summed E-state index contributed by atoms with van der Waals surface area (Å²) in [7, 11) is 3.20. The molecular weight excluding hydrogens is 514 g/mol. The van der Waals surface area contributed by atoms with Gasteiger partial charge in [-0.15, -0.1) is 0 Å². The normalized spacial score (nSPS) is 19.6. The number of para-hydroxylation sites is 1. The van der Waals surface area contributed by atoms with Gasteiger partial charge in [0.15, 0.2) is 11.6 Å². The number of hydrogen-bond acceptors (Lipinski definition) is 7. The fourth-order valence-electron chi connectivity index (χ4n) is 5.66. The fourth-order valence-corrected chi connectivity index (χ4v) is 5.66. The minimum atomic E-state index is -0.823. The van der Waals surface area contributed by atoms with E-state index in [0.717, 1.165) is 18.3 Å². The summed E-state index contributed by atoms with van der Waals surface area (Å²) in [5, 5.41) is 11.9. The summed E-state index contributed by atoms with van der Waals surface area (Å²) >= 11 is 0. The van der Waals surface area contributed by atoms with E-state index in [4.69, 9.17) is 14.5 Å². The summed E-state index contributed by atoms with van der Waals surface area (Å²) in [5.41, 5.74) is 2.16. The summed E-state index contributed by atoms with van der Waals surface area (Å²) in [6, 6.07) is 9.66. The van der Waals surface area contributed by atoms with Crippen LogP contribution in [0.5, 0.6) is 11.5 Å².